The normalized spacial score (nSPS) is 17.2. The molecule has 4 rings (SSSR count). The summed E-state index contributed by atoms with van der Waals surface area (Å²) in [4.78, 5) is 26.9. The molecule has 5 N–H and O–H groups in total. The number of nitrogens with one attached hydrogen (secondary N) is 2. The molecule has 1 fully saturated rings. The lowest BCUT2D eigenvalue weighted by molar-refractivity contribution is -0.128. The van der Waals surface area contributed by atoms with E-state index in [4.69, 9.17) is 5.73 Å². The third-order valence-electron chi connectivity index (χ3n) is 5.67. The number of fused-ring (bicyclic) bond motifs is 1. The summed E-state index contributed by atoms with van der Waals surface area (Å²) in [5.74, 6) is 0.690. The minimum atomic E-state index is -0.941. The van der Waals surface area contributed by atoms with Crippen molar-refractivity contribution in [1.82, 2.24) is 20.3 Å². The second-order valence-corrected chi connectivity index (χ2v) is 7.53. The van der Waals surface area contributed by atoms with Crippen molar-refractivity contribution in [1.29, 1.82) is 0 Å². The quantitative estimate of drug-likeness (QED) is 0.503. The summed E-state index contributed by atoms with van der Waals surface area (Å²) in [6.45, 7) is 1.26. The highest BCUT2D eigenvalue weighted by atomic mass is 16.3. The molecule has 1 amide bonds. The molecule has 1 unspecified atom stereocenters. The van der Waals surface area contributed by atoms with Crippen molar-refractivity contribution in [3.05, 3.63) is 54.5 Å². The van der Waals surface area contributed by atoms with Gasteiger partial charge in [0, 0.05) is 25.9 Å². The van der Waals surface area contributed by atoms with E-state index in [2.05, 4.69) is 25.2 Å². The Kier molecular flexibility index (Phi) is 5.46. The number of aromatic amines is 1. The zero-order chi connectivity index (χ0) is 20.3. The maximum atomic E-state index is 13.0. The van der Waals surface area contributed by atoms with Gasteiger partial charge >= 0.3 is 0 Å². The number of rotatable bonds is 6. The zero-order valence-electron chi connectivity index (χ0n) is 16.2. The van der Waals surface area contributed by atoms with E-state index in [-0.39, 0.29) is 18.6 Å². The van der Waals surface area contributed by atoms with Crippen LogP contribution in [-0.2, 0) is 4.79 Å². The summed E-state index contributed by atoms with van der Waals surface area (Å²) in [5, 5.41) is 13.4. The SMILES string of the molecule is NC1(C(=O)NC(CCO)c2ccccc2)CCN(c2ncnc3[nH]ccc23)CC1. The molecule has 0 saturated carbocycles. The number of aliphatic hydroxyl groups excluding tert-OH is 1. The summed E-state index contributed by atoms with van der Waals surface area (Å²) in [6.07, 6.45) is 4.89. The molecule has 1 saturated heterocycles. The van der Waals surface area contributed by atoms with Gasteiger partial charge in [0.05, 0.1) is 17.0 Å². The molecule has 1 aliphatic heterocycles. The summed E-state index contributed by atoms with van der Waals surface area (Å²) in [6, 6.07) is 11.4. The third-order valence-corrected chi connectivity index (χ3v) is 5.67. The number of nitrogens with two attached hydrogens (primary N) is 1. The van der Waals surface area contributed by atoms with Crippen molar-refractivity contribution in [3.63, 3.8) is 0 Å². The molecule has 1 atom stereocenters. The molecule has 1 aromatic carbocycles. The largest absolute Gasteiger partial charge is 0.396 e. The number of amides is 1. The van der Waals surface area contributed by atoms with Gasteiger partial charge in [-0.05, 0) is 30.9 Å². The number of anilines is 1. The first-order valence-corrected chi connectivity index (χ1v) is 9.89. The molecule has 8 heteroatoms. The van der Waals surface area contributed by atoms with Gasteiger partial charge in [-0.1, -0.05) is 30.3 Å². The first-order chi connectivity index (χ1) is 14.1. The summed E-state index contributed by atoms with van der Waals surface area (Å²) in [5.41, 5.74) is 7.34. The van der Waals surface area contributed by atoms with Crippen LogP contribution in [0.25, 0.3) is 11.0 Å². The Bertz CT molecular complexity index is 965. The Hall–Kier alpha value is -2.97. The average Bonchev–Trinajstić information content (AvgIpc) is 3.24. The van der Waals surface area contributed by atoms with Crippen LogP contribution in [0, 0.1) is 0 Å². The predicted octanol–water partition coefficient (Wildman–Crippen LogP) is 1.50. The third kappa shape index (κ3) is 3.94. The number of nitrogens with zero attached hydrogens (tertiary/aromatic N) is 3. The van der Waals surface area contributed by atoms with E-state index in [1.807, 2.05) is 42.6 Å². The first kappa shape index (κ1) is 19.4. The van der Waals surface area contributed by atoms with Gasteiger partial charge in [0.15, 0.2) is 0 Å². The summed E-state index contributed by atoms with van der Waals surface area (Å²) >= 11 is 0. The number of H-pyrrole nitrogens is 1. The molecule has 0 bridgehead atoms. The molecular formula is C21H26N6O2. The maximum Gasteiger partial charge on any atom is 0.240 e. The van der Waals surface area contributed by atoms with Gasteiger partial charge in [-0.15, -0.1) is 0 Å². The van der Waals surface area contributed by atoms with Crippen LogP contribution in [0.1, 0.15) is 30.9 Å². The van der Waals surface area contributed by atoms with Crippen molar-refractivity contribution in [3.8, 4) is 0 Å². The molecule has 8 nitrogen and oxygen atoms in total. The van der Waals surface area contributed by atoms with E-state index in [0.717, 1.165) is 22.4 Å². The van der Waals surface area contributed by atoms with Gasteiger partial charge in [0.2, 0.25) is 5.91 Å². The van der Waals surface area contributed by atoms with E-state index in [1.165, 1.54) is 0 Å². The van der Waals surface area contributed by atoms with Crippen LogP contribution in [0.5, 0.6) is 0 Å². The van der Waals surface area contributed by atoms with Crippen molar-refractivity contribution in [2.24, 2.45) is 5.73 Å². The highest BCUT2D eigenvalue weighted by molar-refractivity contribution is 5.89. The first-order valence-electron chi connectivity index (χ1n) is 9.89. The van der Waals surface area contributed by atoms with Crippen LogP contribution in [0.4, 0.5) is 5.82 Å². The summed E-state index contributed by atoms with van der Waals surface area (Å²) in [7, 11) is 0. The minimum absolute atomic E-state index is 0.00837. The van der Waals surface area contributed by atoms with E-state index in [1.54, 1.807) is 6.33 Å². The fourth-order valence-corrected chi connectivity index (χ4v) is 3.89. The average molecular weight is 394 g/mol. The van der Waals surface area contributed by atoms with Crippen molar-refractivity contribution in [2.45, 2.75) is 30.8 Å². The van der Waals surface area contributed by atoms with Crippen LogP contribution in [-0.4, -0.2) is 51.2 Å². The molecule has 0 spiro atoms. The highest BCUT2D eigenvalue weighted by Gasteiger charge is 2.39. The number of hydrogen-bond donors (Lipinski definition) is 4. The van der Waals surface area contributed by atoms with Crippen LogP contribution < -0.4 is 16.0 Å². The number of carbonyl (C=O) groups excluding carboxylic acids is 1. The minimum Gasteiger partial charge on any atom is -0.396 e. The van der Waals surface area contributed by atoms with E-state index >= 15 is 0 Å². The van der Waals surface area contributed by atoms with Crippen LogP contribution in [0.2, 0.25) is 0 Å². The molecule has 0 aliphatic carbocycles. The second-order valence-electron chi connectivity index (χ2n) is 7.53. The van der Waals surface area contributed by atoms with E-state index in [9.17, 15) is 9.90 Å². The van der Waals surface area contributed by atoms with Crippen LogP contribution >= 0.6 is 0 Å². The van der Waals surface area contributed by atoms with Gasteiger partial charge in [-0.25, -0.2) is 9.97 Å². The lowest BCUT2D eigenvalue weighted by Crippen LogP contribution is -2.60. The van der Waals surface area contributed by atoms with Gasteiger partial charge in [-0.3, -0.25) is 4.79 Å². The maximum absolute atomic E-state index is 13.0. The summed E-state index contributed by atoms with van der Waals surface area (Å²) < 4.78 is 0. The second kappa shape index (κ2) is 8.18. The number of aliphatic hydroxyl groups is 1. The molecule has 0 radical (unpaired) electrons. The number of carbonyl (C=O) groups is 1. The molecule has 29 heavy (non-hydrogen) atoms. The fraction of sp³-hybridized carbons (Fsp3) is 0.381. The van der Waals surface area contributed by atoms with Crippen LogP contribution in [0.15, 0.2) is 48.9 Å². The Labute approximate surface area is 169 Å². The Morgan fingerprint density at radius 2 is 2.00 bits per heavy atom. The molecule has 3 heterocycles. The highest BCUT2D eigenvalue weighted by Crippen LogP contribution is 2.29. The van der Waals surface area contributed by atoms with E-state index < -0.39 is 5.54 Å². The molecule has 3 aromatic rings. The zero-order valence-corrected chi connectivity index (χ0v) is 16.2. The Morgan fingerprint density at radius 1 is 1.24 bits per heavy atom. The number of aromatic nitrogens is 3. The van der Waals surface area contributed by atoms with Crippen molar-refractivity contribution < 1.29 is 9.90 Å². The number of benzene rings is 1. The number of piperidine rings is 1. The molecule has 152 valence electrons. The van der Waals surface area contributed by atoms with Crippen molar-refractivity contribution >= 4 is 22.8 Å². The smallest absolute Gasteiger partial charge is 0.240 e. The van der Waals surface area contributed by atoms with Crippen LogP contribution in [0.3, 0.4) is 0 Å². The standard InChI is InChI=1S/C21H26N6O2/c22-21(20(29)26-17(7-13-28)15-4-2-1-3-5-15)8-11-27(12-9-21)19-16-6-10-23-18(16)24-14-25-19/h1-6,10,14,17,28H,7-9,11-13,22H2,(H,26,29)(H,23,24,25). The molecular weight excluding hydrogens is 368 g/mol. The predicted molar refractivity (Wildman–Crippen MR) is 111 cm³/mol. The lowest BCUT2D eigenvalue weighted by Gasteiger charge is -2.39. The van der Waals surface area contributed by atoms with Gasteiger partial charge in [0.25, 0.3) is 0 Å². The fourth-order valence-electron chi connectivity index (χ4n) is 3.89. The topological polar surface area (TPSA) is 120 Å². The number of hydrogen-bond acceptors (Lipinski definition) is 6. The molecule has 2 aromatic heterocycles. The Balaban J connectivity index is 1.44. The van der Waals surface area contributed by atoms with E-state index in [0.29, 0.717) is 32.4 Å². The van der Waals surface area contributed by atoms with Gasteiger partial charge in [0.1, 0.15) is 17.8 Å². The van der Waals surface area contributed by atoms with Gasteiger partial charge in [-0.2, -0.15) is 0 Å². The van der Waals surface area contributed by atoms with Gasteiger partial charge < -0.3 is 26.0 Å². The Morgan fingerprint density at radius 3 is 2.72 bits per heavy atom. The van der Waals surface area contributed by atoms with Crippen molar-refractivity contribution in [2.75, 3.05) is 24.6 Å². The monoisotopic (exact) mass is 394 g/mol. The molecule has 1 aliphatic rings. The lowest BCUT2D eigenvalue weighted by atomic mass is 9.87.